The molecule has 0 aliphatic carbocycles. The summed E-state index contributed by atoms with van der Waals surface area (Å²) in [7, 11) is 0. The average molecular weight is 253 g/mol. The lowest BCUT2D eigenvalue weighted by Gasteiger charge is -2.17. The number of hydrogen-bond donors (Lipinski definition) is 2. The molecule has 0 spiro atoms. The fraction of sp³-hybridized carbons (Fsp3) is 0.462. The van der Waals surface area contributed by atoms with Crippen molar-refractivity contribution in [2.24, 2.45) is 0 Å². The molecule has 1 amide bonds. The highest BCUT2D eigenvalue weighted by molar-refractivity contribution is 6.33. The summed E-state index contributed by atoms with van der Waals surface area (Å²) in [6.07, 6.45) is 2.51. The van der Waals surface area contributed by atoms with Crippen molar-refractivity contribution in [1.82, 2.24) is 5.32 Å². The molecule has 3 nitrogen and oxygen atoms in total. The molecule has 0 saturated carbocycles. The van der Waals surface area contributed by atoms with Crippen LogP contribution in [0.1, 0.15) is 24.8 Å². The molecule has 1 aliphatic heterocycles. The van der Waals surface area contributed by atoms with E-state index in [9.17, 15) is 4.79 Å². The lowest BCUT2D eigenvalue weighted by atomic mass is 10.1. The average Bonchev–Trinajstić information content (AvgIpc) is 2.47. The standard InChI is InChI=1S/C13H17ClN2O/c1-9-4-5-12(11(14)7-9)16-10-3-2-6-15-13(17)8-10/h4-5,7,10,16H,2-3,6,8H2,1H3,(H,15,17). The van der Waals surface area contributed by atoms with Crippen LogP contribution in [0.2, 0.25) is 5.02 Å². The fourth-order valence-corrected chi connectivity index (χ4v) is 2.34. The molecule has 2 rings (SSSR count). The van der Waals surface area contributed by atoms with E-state index in [1.54, 1.807) is 0 Å². The Balaban J connectivity index is 2.06. The van der Waals surface area contributed by atoms with E-state index in [2.05, 4.69) is 10.6 Å². The minimum atomic E-state index is 0.114. The Kier molecular flexibility index (Phi) is 3.89. The van der Waals surface area contributed by atoms with Crippen molar-refractivity contribution in [3.63, 3.8) is 0 Å². The third kappa shape index (κ3) is 3.37. The van der Waals surface area contributed by atoms with Crippen LogP contribution < -0.4 is 10.6 Å². The van der Waals surface area contributed by atoms with Gasteiger partial charge in [0.05, 0.1) is 10.7 Å². The Morgan fingerprint density at radius 1 is 1.47 bits per heavy atom. The zero-order valence-electron chi connectivity index (χ0n) is 9.92. The Labute approximate surface area is 107 Å². The van der Waals surface area contributed by atoms with Crippen LogP contribution >= 0.6 is 11.6 Å². The second kappa shape index (κ2) is 5.41. The predicted octanol–water partition coefficient (Wildman–Crippen LogP) is 2.73. The number of hydrogen-bond acceptors (Lipinski definition) is 2. The van der Waals surface area contributed by atoms with Crippen LogP contribution in [0.25, 0.3) is 0 Å². The quantitative estimate of drug-likeness (QED) is 0.850. The number of rotatable bonds is 2. The zero-order valence-corrected chi connectivity index (χ0v) is 10.7. The van der Waals surface area contributed by atoms with Gasteiger partial charge in [0.2, 0.25) is 5.91 Å². The van der Waals surface area contributed by atoms with Crippen molar-refractivity contribution in [3.8, 4) is 0 Å². The van der Waals surface area contributed by atoms with Gasteiger partial charge in [-0.2, -0.15) is 0 Å². The topological polar surface area (TPSA) is 41.1 Å². The monoisotopic (exact) mass is 252 g/mol. The first-order chi connectivity index (χ1) is 8.15. The molecule has 1 aromatic rings. The summed E-state index contributed by atoms with van der Waals surface area (Å²) in [5, 5.41) is 6.94. The number of aryl methyl sites for hydroxylation is 1. The zero-order chi connectivity index (χ0) is 12.3. The molecule has 1 atom stereocenters. The van der Waals surface area contributed by atoms with Crippen molar-refractivity contribution in [3.05, 3.63) is 28.8 Å². The molecular weight excluding hydrogens is 236 g/mol. The fourth-order valence-electron chi connectivity index (χ4n) is 2.05. The van der Waals surface area contributed by atoms with E-state index in [4.69, 9.17) is 11.6 Å². The number of amides is 1. The number of benzene rings is 1. The molecular formula is C13H17ClN2O. The third-order valence-corrected chi connectivity index (χ3v) is 3.28. The van der Waals surface area contributed by atoms with Crippen LogP contribution in [0.4, 0.5) is 5.69 Å². The van der Waals surface area contributed by atoms with Crippen LogP contribution in [0.15, 0.2) is 18.2 Å². The van der Waals surface area contributed by atoms with Gasteiger partial charge in [-0.25, -0.2) is 0 Å². The first kappa shape index (κ1) is 12.2. The third-order valence-electron chi connectivity index (χ3n) is 2.97. The highest BCUT2D eigenvalue weighted by Crippen LogP contribution is 2.25. The van der Waals surface area contributed by atoms with Crippen molar-refractivity contribution in [2.45, 2.75) is 32.2 Å². The van der Waals surface area contributed by atoms with Gasteiger partial charge in [0, 0.05) is 19.0 Å². The molecule has 1 aliphatic rings. The Bertz CT molecular complexity index is 420. The van der Waals surface area contributed by atoms with Crippen LogP contribution in [-0.2, 0) is 4.79 Å². The van der Waals surface area contributed by atoms with Crippen LogP contribution in [-0.4, -0.2) is 18.5 Å². The maximum absolute atomic E-state index is 11.4. The van der Waals surface area contributed by atoms with Crippen molar-refractivity contribution >= 4 is 23.2 Å². The molecule has 1 unspecified atom stereocenters. The van der Waals surface area contributed by atoms with Crippen molar-refractivity contribution in [2.75, 3.05) is 11.9 Å². The number of carbonyl (C=O) groups excluding carboxylic acids is 1. The van der Waals surface area contributed by atoms with Gasteiger partial charge in [0.1, 0.15) is 0 Å². The summed E-state index contributed by atoms with van der Waals surface area (Å²) in [6.45, 7) is 2.79. The molecule has 0 bridgehead atoms. The van der Waals surface area contributed by atoms with E-state index in [-0.39, 0.29) is 11.9 Å². The summed E-state index contributed by atoms with van der Waals surface area (Å²) < 4.78 is 0. The summed E-state index contributed by atoms with van der Waals surface area (Å²) >= 11 is 6.16. The van der Waals surface area contributed by atoms with E-state index >= 15 is 0 Å². The highest BCUT2D eigenvalue weighted by Gasteiger charge is 2.17. The molecule has 4 heteroatoms. The second-order valence-corrected chi connectivity index (χ2v) is 4.93. The Morgan fingerprint density at radius 3 is 3.06 bits per heavy atom. The van der Waals surface area contributed by atoms with Crippen molar-refractivity contribution < 1.29 is 4.79 Å². The van der Waals surface area contributed by atoms with Crippen LogP contribution in [0, 0.1) is 6.92 Å². The summed E-state index contributed by atoms with van der Waals surface area (Å²) in [4.78, 5) is 11.4. The van der Waals surface area contributed by atoms with Gasteiger partial charge >= 0.3 is 0 Å². The van der Waals surface area contributed by atoms with Crippen LogP contribution in [0.5, 0.6) is 0 Å². The highest BCUT2D eigenvalue weighted by atomic mass is 35.5. The smallest absolute Gasteiger partial charge is 0.222 e. The number of halogens is 1. The predicted molar refractivity (Wildman–Crippen MR) is 70.5 cm³/mol. The normalized spacial score (nSPS) is 20.6. The van der Waals surface area contributed by atoms with E-state index < -0.39 is 0 Å². The van der Waals surface area contributed by atoms with Crippen molar-refractivity contribution in [1.29, 1.82) is 0 Å². The molecule has 2 N–H and O–H groups in total. The minimum Gasteiger partial charge on any atom is -0.381 e. The van der Waals surface area contributed by atoms with Gasteiger partial charge in [-0.15, -0.1) is 0 Å². The largest absolute Gasteiger partial charge is 0.381 e. The van der Waals surface area contributed by atoms with E-state index in [1.807, 2.05) is 25.1 Å². The molecule has 1 saturated heterocycles. The maximum Gasteiger partial charge on any atom is 0.222 e. The molecule has 92 valence electrons. The lowest BCUT2D eigenvalue weighted by Crippen LogP contribution is -2.26. The van der Waals surface area contributed by atoms with Crippen LogP contribution in [0.3, 0.4) is 0 Å². The van der Waals surface area contributed by atoms with E-state index in [0.29, 0.717) is 6.42 Å². The molecule has 0 aromatic heterocycles. The Morgan fingerprint density at radius 2 is 2.29 bits per heavy atom. The van der Waals surface area contributed by atoms with Gasteiger partial charge in [-0.1, -0.05) is 17.7 Å². The number of carbonyl (C=O) groups is 1. The molecule has 1 fully saturated rings. The number of nitrogens with one attached hydrogen (secondary N) is 2. The summed E-state index contributed by atoms with van der Waals surface area (Å²) in [6, 6.07) is 6.10. The SMILES string of the molecule is Cc1ccc(NC2CCCNC(=O)C2)c(Cl)c1. The first-order valence-electron chi connectivity index (χ1n) is 5.94. The lowest BCUT2D eigenvalue weighted by molar-refractivity contribution is -0.120. The second-order valence-electron chi connectivity index (χ2n) is 4.52. The molecule has 1 heterocycles. The summed E-state index contributed by atoms with van der Waals surface area (Å²) in [5.41, 5.74) is 2.05. The van der Waals surface area contributed by atoms with Gasteiger partial charge in [0.25, 0.3) is 0 Å². The summed E-state index contributed by atoms with van der Waals surface area (Å²) in [5.74, 6) is 0.114. The van der Waals surface area contributed by atoms with E-state index in [0.717, 1.165) is 35.7 Å². The molecule has 1 aromatic carbocycles. The first-order valence-corrected chi connectivity index (χ1v) is 6.32. The molecule has 0 radical (unpaired) electrons. The van der Waals surface area contributed by atoms with Gasteiger partial charge < -0.3 is 10.6 Å². The van der Waals surface area contributed by atoms with Gasteiger partial charge in [-0.05, 0) is 37.5 Å². The minimum absolute atomic E-state index is 0.114. The van der Waals surface area contributed by atoms with Gasteiger partial charge in [-0.3, -0.25) is 4.79 Å². The molecule has 17 heavy (non-hydrogen) atoms. The van der Waals surface area contributed by atoms with E-state index in [1.165, 1.54) is 0 Å². The number of anilines is 1. The van der Waals surface area contributed by atoms with Gasteiger partial charge in [0.15, 0.2) is 0 Å². The maximum atomic E-state index is 11.4. The Hall–Kier alpha value is -1.22.